The smallest absolute Gasteiger partial charge is 0.234 e. The monoisotopic (exact) mass is 355 g/mol. The van der Waals surface area contributed by atoms with E-state index in [0.29, 0.717) is 16.6 Å². The zero-order valence-electron chi connectivity index (χ0n) is 13.8. The number of aromatic nitrogens is 4. The van der Waals surface area contributed by atoms with Gasteiger partial charge in [0.1, 0.15) is 5.75 Å². The summed E-state index contributed by atoms with van der Waals surface area (Å²) in [6.45, 7) is 2.02. The number of hydrogen-bond acceptors (Lipinski definition) is 6. The lowest BCUT2D eigenvalue weighted by Crippen LogP contribution is -2.14. The van der Waals surface area contributed by atoms with Crippen LogP contribution in [-0.2, 0) is 4.79 Å². The van der Waals surface area contributed by atoms with E-state index < -0.39 is 0 Å². The van der Waals surface area contributed by atoms with Gasteiger partial charge in [-0.2, -0.15) is 4.68 Å². The Balaban J connectivity index is 1.63. The lowest BCUT2D eigenvalue weighted by Gasteiger charge is -2.07. The predicted octanol–water partition coefficient (Wildman–Crippen LogP) is 2.71. The molecule has 0 bridgehead atoms. The zero-order valence-corrected chi connectivity index (χ0v) is 14.7. The number of aryl methyl sites for hydroxylation is 1. The minimum absolute atomic E-state index is 0.142. The molecule has 0 saturated heterocycles. The lowest BCUT2D eigenvalue weighted by molar-refractivity contribution is -0.113. The quantitative estimate of drug-likeness (QED) is 0.685. The topological polar surface area (TPSA) is 81.9 Å². The number of rotatable bonds is 6. The van der Waals surface area contributed by atoms with Gasteiger partial charge in [-0.25, -0.2) is 0 Å². The van der Waals surface area contributed by atoms with Crippen molar-refractivity contribution in [2.45, 2.75) is 12.1 Å². The molecule has 7 nitrogen and oxygen atoms in total. The molecule has 1 heterocycles. The number of methoxy groups -OCH3 is 1. The van der Waals surface area contributed by atoms with Gasteiger partial charge in [-0.05, 0) is 41.6 Å². The molecular weight excluding hydrogens is 338 g/mol. The SMILES string of the molecule is COc1cccc(NC(=O)CSc2nnnn2-c2ccc(C)cc2)c1. The molecule has 0 aliphatic carbocycles. The Morgan fingerprint density at radius 3 is 2.80 bits per heavy atom. The molecule has 8 heteroatoms. The van der Waals surface area contributed by atoms with E-state index >= 15 is 0 Å². The van der Waals surface area contributed by atoms with E-state index in [1.165, 1.54) is 11.8 Å². The van der Waals surface area contributed by atoms with Crippen molar-refractivity contribution in [2.75, 3.05) is 18.2 Å². The fourth-order valence-corrected chi connectivity index (χ4v) is 2.84. The lowest BCUT2D eigenvalue weighted by atomic mass is 10.2. The van der Waals surface area contributed by atoms with E-state index in [4.69, 9.17) is 4.74 Å². The molecule has 3 rings (SSSR count). The summed E-state index contributed by atoms with van der Waals surface area (Å²) in [7, 11) is 1.59. The minimum Gasteiger partial charge on any atom is -0.497 e. The van der Waals surface area contributed by atoms with Crippen LogP contribution in [0, 0.1) is 6.92 Å². The number of carbonyl (C=O) groups excluding carboxylic acids is 1. The highest BCUT2D eigenvalue weighted by Gasteiger charge is 2.12. The van der Waals surface area contributed by atoms with Gasteiger partial charge in [0.15, 0.2) is 0 Å². The van der Waals surface area contributed by atoms with E-state index in [0.717, 1.165) is 11.3 Å². The van der Waals surface area contributed by atoms with Crippen LogP contribution in [0.5, 0.6) is 5.75 Å². The van der Waals surface area contributed by atoms with Gasteiger partial charge in [-0.1, -0.05) is 35.5 Å². The van der Waals surface area contributed by atoms with Crippen molar-refractivity contribution in [1.29, 1.82) is 0 Å². The first-order chi connectivity index (χ1) is 12.2. The van der Waals surface area contributed by atoms with Crippen LogP contribution in [0.3, 0.4) is 0 Å². The highest BCUT2D eigenvalue weighted by atomic mass is 32.2. The number of benzene rings is 2. The second-order valence-corrected chi connectivity index (χ2v) is 6.22. The van der Waals surface area contributed by atoms with Crippen LogP contribution in [0.2, 0.25) is 0 Å². The summed E-state index contributed by atoms with van der Waals surface area (Å²) in [6.07, 6.45) is 0. The van der Waals surface area contributed by atoms with E-state index in [2.05, 4.69) is 20.8 Å². The molecule has 1 N–H and O–H groups in total. The predicted molar refractivity (Wildman–Crippen MR) is 96.2 cm³/mol. The Morgan fingerprint density at radius 2 is 2.04 bits per heavy atom. The number of tetrazole rings is 1. The Kier molecular flexibility index (Phi) is 5.30. The van der Waals surface area contributed by atoms with Gasteiger partial charge in [0.05, 0.1) is 18.6 Å². The van der Waals surface area contributed by atoms with Crippen LogP contribution in [0.25, 0.3) is 5.69 Å². The summed E-state index contributed by atoms with van der Waals surface area (Å²) in [5.41, 5.74) is 2.69. The van der Waals surface area contributed by atoms with Crippen LogP contribution < -0.4 is 10.1 Å². The molecule has 0 saturated carbocycles. The van der Waals surface area contributed by atoms with Gasteiger partial charge in [0.25, 0.3) is 0 Å². The number of ether oxygens (including phenoxy) is 1. The molecule has 128 valence electrons. The molecule has 0 aliphatic heterocycles. The van der Waals surface area contributed by atoms with E-state index in [1.807, 2.05) is 43.3 Å². The summed E-state index contributed by atoms with van der Waals surface area (Å²) in [5.74, 6) is 0.745. The van der Waals surface area contributed by atoms with Crippen molar-refractivity contribution in [3.05, 3.63) is 54.1 Å². The maximum atomic E-state index is 12.1. The molecule has 0 radical (unpaired) electrons. The first-order valence-corrected chi connectivity index (χ1v) is 8.56. The Morgan fingerprint density at radius 1 is 1.24 bits per heavy atom. The summed E-state index contributed by atoms with van der Waals surface area (Å²) < 4.78 is 6.76. The summed E-state index contributed by atoms with van der Waals surface area (Å²) in [4.78, 5) is 12.1. The first kappa shape index (κ1) is 17.0. The molecular formula is C17H17N5O2S. The van der Waals surface area contributed by atoms with Crippen molar-refractivity contribution in [3.8, 4) is 11.4 Å². The van der Waals surface area contributed by atoms with Crippen molar-refractivity contribution in [3.63, 3.8) is 0 Å². The molecule has 1 aromatic heterocycles. The van der Waals surface area contributed by atoms with Crippen LogP contribution in [0.4, 0.5) is 5.69 Å². The molecule has 2 aromatic carbocycles. The minimum atomic E-state index is -0.142. The summed E-state index contributed by atoms with van der Waals surface area (Å²) in [6, 6.07) is 15.1. The number of thioether (sulfide) groups is 1. The molecule has 1 amide bonds. The average molecular weight is 355 g/mol. The van der Waals surface area contributed by atoms with Gasteiger partial charge < -0.3 is 10.1 Å². The fourth-order valence-electron chi connectivity index (χ4n) is 2.14. The molecule has 0 aliphatic rings. The number of nitrogens with one attached hydrogen (secondary N) is 1. The van der Waals surface area contributed by atoms with Gasteiger partial charge in [0, 0.05) is 11.8 Å². The molecule has 25 heavy (non-hydrogen) atoms. The summed E-state index contributed by atoms with van der Waals surface area (Å²) >= 11 is 1.27. The highest BCUT2D eigenvalue weighted by molar-refractivity contribution is 7.99. The molecule has 0 spiro atoms. The van der Waals surface area contributed by atoms with Gasteiger partial charge in [-0.3, -0.25) is 4.79 Å². The van der Waals surface area contributed by atoms with Crippen LogP contribution in [0.1, 0.15) is 5.56 Å². The third-order valence-electron chi connectivity index (χ3n) is 3.41. The number of anilines is 1. The highest BCUT2D eigenvalue weighted by Crippen LogP contribution is 2.20. The van der Waals surface area contributed by atoms with Crippen molar-refractivity contribution >= 4 is 23.4 Å². The number of hydrogen-bond donors (Lipinski definition) is 1. The average Bonchev–Trinajstić information content (AvgIpc) is 3.09. The van der Waals surface area contributed by atoms with Crippen molar-refractivity contribution in [2.24, 2.45) is 0 Å². The maximum Gasteiger partial charge on any atom is 0.234 e. The van der Waals surface area contributed by atoms with E-state index in [9.17, 15) is 4.79 Å². The van der Waals surface area contributed by atoms with E-state index in [-0.39, 0.29) is 11.7 Å². The van der Waals surface area contributed by atoms with Gasteiger partial charge >= 0.3 is 0 Å². The Bertz CT molecular complexity index is 863. The van der Waals surface area contributed by atoms with Crippen LogP contribution >= 0.6 is 11.8 Å². The zero-order chi connectivity index (χ0) is 17.6. The standard InChI is InChI=1S/C17H17N5O2S/c1-12-6-8-14(9-7-12)22-17(19-20-21-22)25-11-16(23)18-13-4-3-5-15(10-13)24-2/h3-10H,11H2,1-2H3,(H,18,23). The van der Waals surface area contributed by atoms with Crippen molar-refractivity contribution < 1.29 is 9.53 Å². The van der Waals surface area contributed by atoms with Crippen LogP contribution in [0.15, 0.2) is 53.7 Å². The van der Waals surface area contributed by atoms with E-state index in [1.54, 1.807) is 23.9 Å². The Labute approximate surface area is 149 Å². The Hall–Kier alpha value is -2.87. The van der Waals surface area contributed by atoms with Crippen molar-refractivity contribution in [1.82, 2.24) is 20.2 Å². The number of carbonyl (C=O) groups is 1. The number of nitrogens with zero attached hydrogens (tertiary/aromatic N) is 4. The fraction of sp³-hybridized carbons (Fsp3) is 0.176. The molecule has 3 aromatic rings. The first-order valence-electron chi connectivity index (χ1n) is 7.58. The third kappa shape index (κ3) is 4.36. The molecule has 0 atom stereocenters. The molecule has 0 unspecified atom stereocenters. The second-order valence-electron chi connectivity index (χ2n) is 5.28. The third-order valence-corrected chi connectivity index (χ3v) is 4.32. The largest absolute Gasteiger partial charge is 0.497 e. The maximum absolute atomic E-state index is 12.1. The van der Waals surface area contributed by atoms with Gasteiger partial charge in [-0.15, -0.1) is 5.10 Å². The normalized spacial score (nSPS) is 10.5. The van der Waals surface area contributed by atoms with Gasteiger partial charge in [0.2, 0.25) is 11.1 Å². The summed E-state index contributed by atoms with van der Waals surface area (Å²) in [5, 5.41) is 15.1. The number of amides is 1. The van der Waals surface area contributed by atoms with Crippen LogP contribution in [-0.4, -0.2) is 39.0 Å². The molecule has 0 fully saturated rings. The second kappa shape index (κ2) is 7.80.